The van der Waals surface area contributed by atoms with E-state index in [1.807, 2.05) is 6.92 Å². The zero-order chi connectivity index (χ0) is 21.6. The molecule has 0 bridgehead atoms. The van der Waals surface area contributed by atoms with Crippen molar-refractivity contribution < 1.29 is 38.4 Å². The molecule has 29 heavy (non-hydrogen) atoms. The number of carboxylic acid groups (broad SMARTS) is 1. The first kappa shape index (κ1) is 21.9. The third kappa shape index (κ3) is 4.37. The van der Waals surface area contributed by atoms with E-state index in [2.05, 4.69) is 0 Å². The minimum atomic E-state index is -1.33. The summed E-state index contributed by atoms with van der Waals surface area (Å²) in [6.07, 6.45) is 0. The Morgan fingerprint density at radius 2 is 1.48 bits per heavy atom. The first-order valence-corrected chi connectivity index (χ1v) is 8.93. The van der Waals surface area contributed by atoms with Crippen LogP contribution in [0.3, 0.4) is 0 Å². The maximum Gasteiger partial charge on any atom is 0.340 e. The van der Waals surface area contributed by atoms with Crippen LogP contribution in [0.1, 0.15) is 40.1 Å². The summed E-state index contributed by atoms with van der Waals surface area (Å²) < 4.78 is 26.8. The highest BCUT2D eigenvalue weighted by Crippen LogP contribution is 2.43. The van der Waals surface area contributed by atoms with E-state index in [0.717, 1.165) is 0 Å². The fraction of sp³-hybridized carbons (Fsp3) is 0.333. The zero-order valence-corrected chi connectivity index (χ0v) is 17.0. The average Bonchev–Trinajstić information content (AvgIpc) is 2.72. The summed E-state index contributed by atoms with van der Waals surface area (Å²) in [6.45, 7) is 4.28. The molecule has 2 aromatic carbocycles. The Balaban J connectivity index is 2.73. The number of aromatic carboxylic acids is 1. The van der Waals surface area contributed by atoms with Crippen molar-refractivity contribution in [2.45, 2.75) is 13.8 Å². The lowest BCUT2D eigenvalue weighted by atomic mass is 9.95. The summed E-state index contributed by atoms with van der Waals surface area (Å²) in [6, 6.07) is 6.03. The van der Waals surface area contributed by atoms with Crippen LogP contribution in [0.4, 0.5) is 0 Å². The van der Waals surface area contributed by atoms with E-state index in [1.54, 1.807) is 19.1 Å². The van der Waals surface area contributed by atoms with Crippen LogP contribution < -0.4 is 23.7 Å². The molecule has 0 heterocycles. The molecule has 0 unspecified atom stereocenters. The molecule has 8 heteroatoms. The lowest BCUT2D eigenvalue weighted by Crippen LogP contribution is -2.14. The van der Waals surface area contributed by atoms with Crippen molar-refractivity contribution in [2.75, 3.05) is 34.5 Å². The maximum absolute atomic E-state index is 13.3. The quantitative estimate of drug-likeness (QED) is 0.601. The van der Waals surface area contributed by atoms with Crippen LogP contribution in [0.5, 0.6) is 28.7 Å². The largest absolute Gasteiger partial charge is 0.496 e. The Labute approximate surface area is 168 Å². The molecule has 0 saturated carbocycles. The number of rotatable bonds is 10. The van der Waals surface area contributed by atoms with Gasteiger partial charge in [-0.2, -0.15) is 0 Å². The van der Waals surface area contributed by atoms with Crippen LogP contribution in [0.2, 0.25) is 0 Å². The average molecular weight is 404 g/mol. The van der Waals surface area contributed by atoms with Gasteiger partial charge in [0.2, 0.25) is 5.75 Å². The Kier molecular flexibility index (Phi) is 7.30. The van der Waals surface area contributed by atoms with Crippen molar-refractivity contribution in [3.63, 3.8) is 0 Å². The molecule has 0 aromatic heterocycles. The standard InChI is InChI=1S/C21H24O8/c1-6-28-12-8-9-13(15(10-12)25-3)18(22)14-11-16(26-4)19(29-7-2)20(27-5)17(14)21(23)24/h8-11H,6-7H2,1-5H3,(H,23,24). The van der Waals surface area contributed by atoms with Gasteiger partial charge in [-0.25, -0.2) is 4.79 Å². The first-order chi connectivity index (χ1) is 13.9. The Morgan fingerprint density at radius 3 is 2.00 bits per heavy atom. The number of carboxylic acids is 1. The van der Waals surface area contributed by atoms with E-state index >= 15 is 0 Å². The van der Waals surface area contributed by atoms with Crippen molar-refractivity contribution in [2.24, 2.45) is 0 Å². The predicted octanol–water partition coefficient (Wildman–Crippen LogP) is 3.44. The van der Waals surface area contributed by atoms with Crippen LogP contribution in [-0.4, -0.2) is 51.4 Å². The lowest BCUT2D eigenvalue weighted by molar-refractivity contribution is 0.0687. The van der Waals surface area contributed by atoms with Gasteiger partial charge >= 0.3 is 5.97 Å². The maximum atomic E-state index is 13.3. The molecule has 2 rings (SSSR count). The predicted molar refractivity (Wildman–Crippen MR) is 105 cm³/mol. The molecule has 156 valence electrons. The molecule has 0 aliphatic rings. The Bertz CT molecular complexity index is 904. The molecular formula is C21H24O8. The molecule has 0 atom stereocenters. The van der Waals surface area contributed by atoms with Crippen LogP contribution in [-0.2, 0) is 0 Å². The second-order valence-corrected chi connectivity index (χ2v) is 5.73. The van der Waals surface area contributed by atoms with Crippen molar-refractivity contribution >= 4 is 11.8 Å². The van der Waals surface area contributed by atoms with Gasteiger partial charge in [-0.05, 0) is 32.0 Å². The van der Waals surface area contributed by atoms with Crippen molar-refractivity contribution in [1.82, 2.24) is 0 Å². The SMILES string of the molecule is CCOc1ccc(C(=O)c2cc(OC)c(OCC)c(OC)c2C(=O)O)c(OC)c1. The molecule has 0 aliphatic heterocycles. The Hall–Kier alpha value is -3.42. The van der Waals surface area contributed by atoms with Gasteiger partial charge in [0.15, 0.2) is 17.3 Å². The first-order valence-electron chi connectivity index (χ1n) is 8.93. The number of methoxy groups -OCH3 is 3. The lowest BCUT2D eigenvalue weighted by Gasteiger charge is -2.18. The third-order valence-electron chi connectivity index (χ3n) is 4.10. The summed E-state index contributed by atoms with van der Waals surface area (Å²) in [7, 11) is 4.11. The van der Waals surface area contributed by atoms with E-state index in [4.69, 9.17) is 23.7 Å². The summed E-state index contributed by atoms with van der Waals surface area (Å²) in [4.78, 5) is 25.3. The van der Waals surface area contributed by atoms with Crippen molar-refractivity contribution in [1.29, 1.82) is 0 Å². The van der Waals surface area contributed by atoms with E-state index in [-0.39, 0.29) is 46.3 Å². The topological polar surface area (TPSA) is 101 Å². The minimum Gasteiger partial charge on any atom is -0.496 e. The smallest absolute Gasteiger partial charge is 0.340 e. The van der Waals surface area contributed by atoms with E-state index in [9.17, 15) is 14.7 Å². The van der Waals surface area contributed by atoms with Gasteiger partial charge in [0, 0.05) is 11.6 Å². The van der Waals surface area contributed by atoms with Gasteiger partial charge in [0.25, 0.3) is 0 Å². The van der Waals surface area contributed by atoms with E-state index < -0.39 is 11.8 Å². The molecule has 0 saturated heterocycles. The number of ketones is 1. The molecule has 0 radical (unpaired) electrons. The third-order valence-corrected chi connectivity index (χ3v) is 4.10. The zero-order valence-electron chi connectivity index (χ0n) is 17.0. The van der Waals surface area contributed by atoms with Gasteiger partial charge < -0.3 is 28.8 Å². The van der Waals surface area contributed by atoms with E-state index in [1.165, 1.54) is 33.5 Å². The highest BCUT2D eigenvalue weighted by molar-refractivity contribution is 6.17. The summed E-state index contributed by atoms with van der Waals surface area (Å²) in [5.41, 5.74) is -0.262. The second-order valence-electron chi connectivity index (χ2n) is 5.73. The molecule has 2 aromatic rings. The Morgan fingerprint density at radius 1 is 0.828 bits per heavy atom. The number of benzene rings is 2. The number of hydrogen-bond acceptors (Lipinski definition) is 7. The number of ether oxygens (including phenoxy) is 5. The van der Waals surface area contributed by atoms with Crippen molar-refractivity contribution in [3.8, 4) is 28.7 Å². The van der Waals surface area contributed by atoms with Gasteiger partial charge in [-0.15, -0.1) is 0 Å². The summed E-state index contributed by atoms with van der Waals surface area (Å²) in [5.74, 6) is -0.912. The summed E-state index contributed by atoms with van der Waals surface area (Å²) in [5, 5.41) is 9.79. The minimum absolute atomic E-state index is 0.0908. The molecule has 0 spiro atoms. The van der Waals surface area contributed by atoms with Crippen molar-refractivity contribution in [3.05, 3.63) is 41.0 Å². The van der Waals surface area contributed by atoms with Crippen LogP contribution in [0.25, 0.3) is 0 Å². The number of hydrogen-bond donors (Lipinski definition) is 1. The molecule has 0 aliphatic carbocycles. The molecule has 0 fully saturated rings. The summed E-state index contributed by atoms with van der Waals surface area (Å²) >= 11 is 0. The second kappa shape index (κ2) is 9.68. The van der Waals surface area contributed by atoms with Crippen LogP contribution >= 0.6 is 0 Å². The highest BCUT2D eigenvalue weighted by atomic mass is 16.5. The monoisotopic (exact) mass is 404 g/mol. The van der Waals surface area contributed by atoms with Gasteiger partial charge in [-0.3, -0.25) is 4.79 Å². The normalized spacial score (nSPS) is 10.2. The van der Waals surface area contributed by atoms with Gasteiger partial charge in [0.05, 0.1) is 40.1 Å². The fourth-order valence-corrected chi connectivity index (χ4v) is 2.90. The van der Waals surface area contributed by atoms with Crippen LogP contribution in [0, 0.1) is 0 Å². The fourth-order valence-electron chi connectivity index (χ4n) is 2.90. The van der Waals surface area contributed by atoms with Gasteiger partial charge in [0.1, 0.15) is 17.1 Å². The van der Waals surface area contributed by atoms with Crippen LogP contribution in [0.15, 0.2) is 24.3 Å². The highest BCUT2D eigenvalue weighted by Gasteiger charge is 2.30. The molecule has 0 amide bonds. The van der Waals surface area contributed by atoms with Gasteiger partial charge in [-0.1, -0.05) is 0 Å². The molecular weight excluding hydrogens is 380 g/mol. The molecule has 1 N–H and O–H groups in total. The number of carbonyl (C=O) groups excluding carboxylic acids is 1. The van der Waals surface area contributed by atoms with E-state index in [0.29, 0.717) is 12.4 Å². The number of carbonyl (C=O) groups is 2. The molecule has 8 nitrogen and oxygen atoms in total.